The highest BCUT2D eigenvalue weighted by atomic mass is 19.4. The molecule has 1 unspecified atom stereocenters. The standard InChI is InChI=1S/C7H10F3NO5/c1-16-5(13)2-3-6(4-12,11(14)15)7(8,9)10/h12H,2-4H2,1H3. The van der Waals surface area contributed by atoms with Crippen LogP contribution in [0.3, 0.4) is 0 Å². The summed E-state index contributed by atoms with van der Waals surface area (Å²) in [6, 6.07) is 0. The highest BCUT2D eigenvalue weighted by Gasteiger charge is 2.65. The van der Waals surface area contributed by atoms with Gasteiger partial charge in [-0.15, -0.1) is 0 Å². The van der Waals surface area contributed by atoms with Gasteiger partial charge < -0.3 is 9.84 Å². The lowest BCUT2D eigenvalue weighted by atomic mass is 9.94. The summed E-state index contributed by atoms with van der Waals surface area (Å²) in [6.45, 7) is -1.72. The molecule has 0 aromatic carbocycles. The number of nitro groups is 1. The number of aliphatic hydroxyl groups is 1. The molecule has 1 atom stereocenters. The van der Waals surface area contributed by atoms with Gasteiger partial charge in [0.1, 0.15) is 6.61 Å². The van der Waals surface area contributed by atoms with E-state index in [9.17, 15) is 28.1 Å². The molecule has 0 aliphatic heterocycles. The van der Waals surface area contributed by atoms with Gasteiger partial charge in [-0.05, 0) is 0 Å². The van der Waals surface area contributed by atoms with Crippen molar-refractivity contribution in [1.29, 1.82) is 0 Å². The summed E-state index contributed by atoms with van der Waals surface area (Å²) in [7, 11) is 0.947. The van der Waals surface area contributed by atoms with Gasteiger partial charge in [0.15, 0.2) is 0 Å². The number of halogens is 3. The fourth-order valence-electron chi connectivity index (χ4n) is 0.974. The maximum absolute atomic E-state index is 12.4. The second-order valence-corrected chi connectivity index (χ2v) is 3.02. The number of ether oxygens (including phenoxy) is 1. The van der Waals surface area contributed by atoms with Crippen LogP contribution in [0.5, 0.6) is 0 Å². The predicted octanol–water partition coefficient (Wildman–Crippen LogP) is 0.510. The zero-order chi connectivity index (χ0) is 13.0. The van der Waals surface area contributed by atoms with Crippen molar-refractivity contribution in [2.45, 2.75) is 24.6 Å². The average molecular weight is 245 g/mol. The Morgan fingerprint density at radius 3 is 2.25 bits per heavy atom. The molecule has 0 rings (SSSR count). The first-order valence-electron chi connectivity index (χ1n) is 4.10. The Morgan fingerprint density at radius 2 is 2.00 bits per heavy atom. The third-order valence-corrected chi connectivity index (χ3v) is 2.11. The Hall–Kier alpha value is -1.38. The second-order valence-electron chi connectivity index (χ2n) is 3.02. The molecular weight excluding hydrogens is 235 g/mol. The largest absolute Gasteiger partial charge is 0.469 e. The van der Waals surface area contributed by atoms with E-state index in [0.29, 0.717) is 0 Å². The maximum atomic E-state index is 12.4. The number of nitrogens with zero attached hydrogens (tertiary/aromatic N) is 1. The van der Waals surface area contributed by atoms with Crippen molar-refractivity contribution in [1.82, 2.24) is 0 Å². The van der Waals surface area contributed by atoms with Crippen LogP contribution in [0.2, 0.25) is 0 Å². The fourth-order valence-corrected chi connectivity index (χ4v) is 0.974. The number of carbonyl (C=O) groups excluding carboxylic acids is 1. The van der Waals surface area contributed by atoms with Crippen molar-refractivity contribution in [3.63, 3.8) is 0 Å². The number of esters is 1. The number of methoxy groups -OCH3 is 1. The first kappa shape index (κ1) is 14.6. The van der Waals surface area contributed by atoms with Crippen LogP contribution in [-0.4, -0.2) is 41.4 Å². The lowest BCUT2D eigenvalue weighted by Gasteiger charge is -2.24. The van der Waals surface area contributed by atoms with Crippen molar-refractivity contribution >= 4 is 5.97 Å². The van der Waals surface area contributed by atoms with Gasteiger partial charge in [-0.3, -0.25) is 14.9 Å². The number of aliphatic hydroxyl groups excluding tert-OH is 1. The van der Waals surface area contributed by atoms with Crippen molar-refractivity contribution in [2.75, 3.05) is 13.7 Å². The van der Waals surface area contributed by atoms with Gasteiger partial charge in [-0.25, -0.2) is 0 Å². The first-order valence-corrected chi connectivity index (χ1v) is 4.10. The SMILES string of the molecule is COC(=O)CCC(CO)([N+](=O)[O-])C(F)(F)F. The molecule has 0 saturated heterocycles. The van der Waals surface area contributed by atoms with E-state index < -0.39 is 42.1 Å². The smallest absolute Gasteiger partial charge is 0.463 e. The van der Waals surface area contributed by atoms with Gasteiger partial charge in [0.25, 0.3) is 0 Å². The van der Waals surface area contributed by atoms with Crippen molar-refractivity contribution in [3.8, 4) is 0 Å². The minimum atomic E-state index is -5.24. The summed E-state index contributed by atoms with van der Waals surface area (Å²) in [4.78, 5) is 19.4. The molecule has 0 amide bonds. The van der Waals surface area contributed by atoms with E-state index in [4.69, 9.17) is 5.11 Å². The highest BCUT2D eigenvalue weighted by molar-refractivity contribution is 5.69. The molecule has 0 aliphatic carbocycles. The van der Waals surface area contributed by atoms with Gasteiger partial charge in [0, 0.05) is 11.3 Å². The van der Waals surface area contributed by atoms with Crippen LogP contribution in [0.1, 0.15) is 12.8 Å². The molecule has 1 N–H and O–H groups in total. The van der Waals surface area contributed by atoms with Crippen LogP contribution in [-0.2, 0) is 9.53 Å². The molecule has 0 heterocycles. The van der Waals surface area contributed by atoms with E-state index in [-0.39, 0.29) is 0 Å². The molecule has 0 fully saturated rings. The van der Waals surface area contributed by atoms with E-state index in [1.807, 2.05) is 0 Å². The van der Waals surface area contributed by atoms with Crippen molar-refractivity contribution < 1.29 is 32.7 Å². The number of carbonyl (C=O) groups is 1. The summed E-state index contributed by atoms with van der Waals surface area (Å²) in [5.41, 5.74) is -3.51. The summed E-state index contributed by atoms with van der Waals surface area (Å²) >= 11 is 0. The van der Waals surface area contributed by atoms with Gasteiger partial charge in [-0.1, -0.05) is 0 Å². The van der Waals surface area contributed by atoms with Gasteiger partial charge >= 0.3 is 17.7 Å². The molecule has 0 aromatic rings. The van der Waals surface area contributed by atoms with Crippen molar-refractivity contribution in [2.24, 2.45) is 0 Å². The van der Waals surface area contributed by atoms with Gasteiger partial charge in [0.2, 0.25) is 0 Å². The molecule has 0 saturated carbocycles. The minimum absolute atomic E-state index is 0.794. The van der Waals surface area contributed by atoms with Crippen LogP contribution >= 0.6 is 0 Å². The van der Waals surface area contributed by atoms with E-state index in [2.05, 4.69) is 4.74 Å². The van der Waals surface area contributed by atoms with Gasteiger partial charge in [-0.2, -0.15) is 13.2 Å². The maximum Gasteiger partial charge on any atom is 0.463 e. The zero-order valence-corrected chi connectivity index (χ0v) is 8.28. The number of rotatable bonds is 5. The first-order chi connectivity index (χ1) is 7.21. The summed E-state index contributed by atoms with van der Waals surface area (Å²) in [6.07, 6.45) is -7.19. The van der Waals surface area contributed by atoms with E-state index in [0.717, 1.165) is 7.11 Å². The van der Waals surface area contributed by atoms with E-state index in [1.165, 1.54) is 0 Å². The number of hydrogen-bond donors (Lipinski definition) is 1. The molecule has 0 bridgehead atoms. The average Bonchev–Trinajstić information content (AvgIpc) is 2.16. The Bertz CT molecular complexity index is 280. The molecule has 16 heavy (non-hydrogen) atoms. The molecule has 6 nitrogen and oxygen atoms in total. The predicted molar refractivity (Wildman–Crippen MR) is 44.1 cm³/mol. The molecular formula is C7H10F3NO5. The molecule has 94 valence electrons. The van der Waals surface area contributed by atoms with Crippen LogP contribution in [0, 0.1) is 10.1 Å². The third-order valence-electron chi connectivity index (χ3n) is 2.11. The topological polar surface area (TPSA) is 89.7 Å². The minimum Gasteiger partial charge on any atom is -0.469 e. The molecule has 9 heteroatoms. The van der Waals surface area contributed by atoms with Crippen LogP contribution in [0.25, 0.3) is 0 Å². The Balaban J connectivity index is 4.94. The molecule has 0 radical (unpaired) electrons. The Morgan fingerprint density at radius 1 is 1.50 bits per heavy atom. The molecule has 0 aromatic heterocycles. The fraction of sp³-hybridized carbons (Fsp3) is 0.857. The monoisotopic (exact) mass is 245 g/mol. The summed E-state index contributed by atoms with van der Waals surface area (Å²) < 4.78 is 41.4. The number of alkyl halides is 3. The van der Waals surface area contributed by atoms with Crippen LogP contribution < -0.4 is 0 Å². The highest BCUT2D eigenvalue weighted by Crippen LogP contribution is 2.36. The van der Waals surface area contributed by atoms with E-state index in [1.54, 1.807) is 0 Å². The molecule has 0 spiro atoms. The lowest BCUT2D eigenvalue weighted by molar-refractivity contribution is -0.617. The number of hydrogen-bond acceptors (Lipinski definition) is 5. The Kier molecular flexibility index (Phi) is 4.66. The van der Waals surface area contributed by atoms with Gasteiger partial charge in [0.05, 0.1) is 13.5 Å². The zero-order valence-electron chi connectivity index (χ0n) is 8.28. The summed E-state index contributed by atoms with van der Waals surface area (Å²) in [5, 5.41) is 18.9. The second kappa shape index (κ2) is 5.10. The normalized spacial score (nSPS) is 15.3. The quantitative estimate of drug-likeness (QED) is 0.433. The third kappa shape index (κ3) is 2.81. The van der Waals surface area contributed by atoms with Crippen LogP contribution in [0.15, 0.2) is 0 Å². The van der Waals surface area contributed by atoms with E-state index >= 15 is 0 Å². The Labute approximate surface area is 88.1 Å². The lowest BCUT2D eigenvalue weighted by Crippen LogP contribution is -2.55. The van der Waals surface area contributed by atoms with Crippen LogP contribution in [0.4, 0.5) is 13.2 Å². The summed E-state index contributed by atoms with van der Waals surface area (Å²) in [5.74, 6) is -1.01. The van der Waals surface area contributed by atoms with Crippen molar-refractivity contribution in [3.05, 3.63) is 10.1 Å². The molecule has 0 aliphatic rings.